The van der Waals surface area contributed by atoms with Crippen LogP contribution in [0.4, 0.5) is 18.9 Å². The minimum absolute atomic E-state index is 0.108. The number of benzene rings is 2. The van der Waals surface area contributed by atoms with Crippen LogP contribution in [0.1, 0.15) is 18.1 Å². The lowest BCUT2D eigenvalue weighted by molar-refractivity contribution is -0.137. The zero-order valence-corrected chi connectivity index (χ0v) is 23.2. The van der Waals surface area contributed by atoms with E-state index in [1.54, 1.807) is 25.1 Å². The summed E-state index contributed by atoms with van der Waals surface area (Å²) in [4.78, 5) is 33.0. The second kappa shape index (κ2) is 11.2. The highest BCUT2D eigenvalue weighted by atomic mass is 32.2. The molecule has 216 valence electrons. The van der Waals surface area contributed by atoms with E-state index in [-0.39, 0.29) is 40.5 Å². The maximum absolute atomic E-state index is 13.3. The van der Waals surface area contributed by atoms with Gasteiger partial charge in [0.05, 0.1) is 40.7 Å². The molecule has 0 radical (unpaired) electrons. The van der Waals surface area contributed by atoms with Gasteiger partial charge in [0, 0.05) is 25.4 Å². The molecule has 2 aromatic carbocycles. The summed E-state index contributed by atoms with van der Waals surface area (Å²) in [5.41, 5.74) is -0.211. The van der Waals surface area contributed by atoms with E-state index in [0.29, 0.717) is 22.7 Å². The molecule has 0 aliphatic carbocycles. The lowest BCUT2D eigenvalue weighted by Crippen LogP contribution is -2.32. The Hall–Kier alpha value is -4.46. The molecule has 2 heterocycles. The maximum atomic E-state index is 13.3. The zero-order chi connectivity index (χ0) is 30.1. The highest BCUT2D eigenvalue weighted by molar-refractivity contribution is 7.92. The number of methoxy groups -OCH3 is 1. The number of hydrogen-bond donors (Lipinski definition) is 2. The van der Waals surface area contributed by atoms with Crippen LogP contribution in [0, 0.1) is 12.8 Å². The molecule has 0 saturated heterocycles. The summed E-state index contributed by atoms with van der Waals surface area (Å²) in [5, 5.41) is 2.79. The van der Waals surface area contributed by atoms with Crippen molar-refractivity contribution in [3.63, 3.8) is 0 Å². The third-order valence-electron chi connectivity index (χ3n) is 6.30. The number of pyridine rings is 1. The first-order valence-corrected chi connectivity index (χ1v) is 13.7. The molecule has 1 amide bonds. The lowest BCUT2D eigenvalue weighted by Gasteiger charge is -2.15. The molecule has 10 nitrogen and oxygen atoms in total. The van der Waals surface area contributed by atoms with E-state index in [0.717, 1.165) is 12.1 Å². The first-order chi connectivity index (χ1) is 19.2. The number of carbonyl (C=O) groups excluding carboxylic acids is 1. The number of nitrogens with one attached hydrogen (secondary N) is 2. The SMILES string of the molecule is CNC(=O)C(C)Cn1cnc2ccc(-c3cnc(OC)c(NS(=O)(=O)c4cc(C)cc(C(F)(F)F)c4)c3)cc2c1=O. The molecule has 2 aromatic heterocycles. The number of aromatic nitrogens is 3. The van der Waals surface area contributed by atoms with E-state index < -0.39 is 32.6 Å². The van der Waals surface area contributed by atoms with Crippen LogP contribution in [0.5, 0.6) is 5.88 Å². The molecule has 4 rings (SSSR count). The highest BCUT2D eigenvalue weighted by Gasteiger charge is 2.32. The molecule has 1 unspecified atom stereocenters. The number of ether oxygens (including phenoxy) is 1. The normalized spacial score (nSPS) is 12.7. The number of rotatable bonds is 8. The quantitative estimate of drug-likeness (QED) is 0.318. The van der Waals surface area contributed by atoms with Gasteiger partial charge in [0.1, 0.15) is 5.69 Å². The van der Waals surface area contributed by atoms with E-state index in [9.17, 15) is 31.2 Å². The summed E-state index contributed by atoms with van der Waals surface area (Å²) in [5.74, 6) is -0.832. The van der Waals surface area contributed by atoms with E-state index in [1.165, 1.54) is 44.2 Å². The van der Waals surface area contributed by atoms with Crippen molar-refractivity contribution in [3.8, 4) is 17.0 Å². The highest BCUT2D eigenvalue weighted by Crippen LogP contribution is 2.34. The van der Waals surface area contributed by atoms with Crippen LogP contribution < -0.4 is 20.3 Å². The summed E-state index contributed by atoms with van der Waals surface area (Å²) in [7, 11) is -1.72. The molecule has 1 atom stereocenters. The van der Waals surface area contributed by atoms with Crippen molar-refractivity contribution in [2.45, 2.75) is 31.5 Å². The van der Waals surface area contributed by atoms with Gasteiger partial charge in [-0.2, -0.15) is 13.2 Å². The van der Waals surface area contributed by atoms with Gasteiger partial charge in [-0.15, -0.1) is 0 Å². The van der Waals surface area contributed by atoms with Crippen LogP contribution >= 0.6 is 0 Å². The second-order valence-corrected chi connectivity index (χ2v) is 11.1. The van der Waals surface area contributed by atoms with Gasteiger partial charge in [0.15, 0.2) is 0 Å². The number of alkyl halides is 3. The van der Waals surface area contributed by atoms with Crippen molar-refractivity contribution in [2.75, 3.05) is 18.9 Å². The monoisotopic (exact) mass is 589 g/mol. The van der Waals surface area contributed by atoms with Gasteiger partial charge in [-0.25, -0.2) is 18.4 Å². The zero-order valence-electron chi connectivity index (χ0n) is 22.4. The Morgan fingerprint density at radius 3 is 2.49 bits per heavy atom. The van der Waals surface area contributed by atoms with Crippen molar-refractivity contribution in [1.29, 1.82) is 0 Å². The first kappa shape index (κ1) is 29.5. The molecule has 41 heavy (non-hydrogen) atoms. The van der Waals surface area contributed by atoms with E-state index >= 15 is 0 Å². The summed E-state index contributed by atoms with van der Waals surface area (Å²) in [6.07, 6.45) is -1.98. The number of nitrogens with zero attached hydrogens (tertiary/aromatic N) is 3. The number of fused-ring (bicyclic) bond motifs is 1. The second-order valence-electron chi connectivity index (χ2n) is 9.37. The summed E-state index contributed by atoms with van der Waals surface area (Å²) in [6.45, 7) is 3.15. The molecular formula is C27H26F3N5O5S. The fourth-order valence-electron chi connectivity index (χ4n) is 4.21. The maximum Gasteiger partial charge on any atom is 0.416 e. The van der Waals surface area contributed by atoms with Crippen LogP contribution in [0.2, 0.25) is 0 Å². The Kier molecular flexibility index (Phi) is 8.06. The Morgan fingerprint density at radius 1 is 1.10 bits per heavy atom. The van der Waals surface area contributed by atoms with Crippen molar-refractivity contribution in [3.05, 3.63) is 76.5 Å². The third kappa shape index (κ3) is 6.32. The number of carbonyl (C=O) groups is 1. The minimum Gasteiger partial charge on any atom is -0.480 e. The predicted molar refractivity (Wildman–Crippen MR) is 146 cm³/mol. The van der Waals surface area contributed by atoms with E-state index in [2.05, 4.69) is 20.0 Å². The molecule has 0 fully saturated rings. The standard InChI is InChI=1S/C27H26F3N5O5S/c1-15-7-19(27(28,29)30)11-20(8-15)41(38,39)34-23-10-18(12-32-25(23)40-4)17-5-6-22-21(9-17)26(37)35(14-33-22)13-16(2)24(36)31-3/h5-12,14,16,34H,13H2,1-4H3,(H,31,36). The van der Waals surface area contributed by atoms with E-state index in [1.807, 2.05) is 0 Å². The number of hydrogen-bond acceptors (Lipinski definition) is 7. The summed E-state index contributed by atoms with van der Waals surface area (Å²) >= 11 is 0. The fraction of sp³-hybridized carbons (Fsp3) is 0.259. The van der Waals surface area contributed by atoms with Gasteiger partial charge in [-0.3, -0.25) is 18.9 Å². The average Bonchev–Trinajstić information content (AvgIpc) is 2.92. The van der Waals surface area contributed by atoms with E-state index in [4.69, 9.17) is 4.74 Å². The van der Waals surface area contributed by atoms with Crippen LogP contribution in [0.15, 0.2) is 64.7 Å². The summed E-state index contributed by atoms with van der Waals surface area (Å²) in [6, 6.07) is 8.74. The van der Waals surface area contributed by atoms with Crippen LogP contribution in [0.25, 0.3) is 22.0 Å². The molecule has 4 aromatic rings. The third-order valence-corrected chi connectivity index (χ3v) is 7.64. The van der Waals surface area contributed by atoms with Gasteiger partial charge in [0.25, 0.3) is 15.6 Å². The average molecular weight is 590 g/mol. The van der Waals surface area contributed by atoms with Crippen LogP contribution in [-0.4, -0.2) is 43.0 Å². The fourth-order valence-corrected chi connectivity index (χ4v) is 5.39. The molecule has 2 N–H and O–H groups in total. The van der Waals surface area contributed by atoms with Gasteiger partial charge in [0.2, 0.25) is 11.8 Å². The lowest BCUT2D eigenvalue weighted by atomic mass is 10.0. The molecular weight excluding hydrogens is 563 g/mol. The molecule has 0 aliphatic heterocycles. The largest absolute Gasteiger partial charge is 0.480 e. The van der Waals surface area contributed by atoms with Crippen LogP contribution in [-0.2, 0) is 27.5 Å². The van der Waals surface area contributed by atoms with Gasteiger partial charge in [-0.05, 0) is 54.4 Å². The molecule has 0 aliphatic rings. The van der Waals surface area contributed by atoms with Crippen molar-refractivity contribution in [1.82, 2.24) is 19.9 Å². The summed E-state index contributed by atoms with van der Waals surface area (Å²) < 4.78 is 74.9. The van der Waals surface area contributed by atoms with Crippen molar-refractivity contribution >= 4 is 32.5 Å². The topological polar surface area (TPSA) is 132 Å². The Balaban J connectivity index is 1.74. The number of amides is 1. The smallest absolute Gasteiger partial charge is 0.416 e. The van der Waals surface area contributed by atoms with Crippen LogP contribution in [0.3, 0.4) is 0 Å². The number of sulfonamides is 1. The Morgan fingerprint density at radius 2 is 1.83 bits per heavy atom. The van der Waals surface area contributed by atoms with Crippen molar-refractivity contribution < 1.29 is 31.1 Å². The van der Waals surface area contributed by atoms with Gasteiger partial charge >= 0.3 is 6.18 Å². The van der Waals surface area contributed by atoms with Gasteiger partial charge < -0.3 is 10.1 Å². The Labute approximate surface area is 233 Å². The molecule has 14 heteroatoms. The number of halogens is 3. The predicted octanol–water partition coefficient (Wildman–Crippen LogP) is 3.98. The number of aryl methyl sites for hydroxylation is 1. The first-order valence-electron chi connectivity index (χ1n) is 12.2. The molecule has 0 bridgehead atoms. The van der Waals surface area contributed by atoms with Crippen molar-refractivity contribution in [2.24, 2.45) is 5.92 Å². The number of anilines is 1. The van der Waals surface area contributed by atoms with Gasteiger partial charge in [-0.1, -0.05) is 13.0 Å². The molecule has 0 saturated carbocycles. The minimum atomic E-state index is -4.74. The molecule has 0 spiro atoms. The Bertz CT molecular complexity index is 1810.